The number of hydrogen-bond acceptors (Lipinski definition) is 6. The van der Waals surface area contributed by atoms with Gasteiger partial charge in [0.1, 0.15) is 5.82 Å². The topological polar surface area (TPSA) is 63.9 Å². The van der Waals surface area contributed by atoms with Gasteiger partial charge in [0.2, 0.25) is 0 Å². The van der Waals surface area contributed by atoms with Gasteiger partial charge >= 0.3 is 0 Å². The van der Waals surface area contributed by atoms with Crippen LogP contribution in [-0.2, 0) is 16.0 Å². The molecule has 130 valence electrons. The summed E-state index contributed by atoms with van der Waals surface area (Å²) in [6.45, 7) is 4.13. The Morgan fingerprint density at radius 2 is 2.22 bits per heavy atom. The SMILES string of the molecule is COCCN(C)c1ccc(CN2CCC(OC)CC2CN)cn1. The van der Waals surface area contributed by atoms with E-state index in [-0.39, 0.29) is 0 Å². The van der Waals surface area contributed by atoms with Crippen LogP contribution >= 0.6 is 0 Å². The van der Waals surface area contributed by atoms with Crippen molar-refractivity contribution in [1.82, 2.24) is 9.88 Å². The van der Waals surface area contributed by atoms with Crippen molar-refractivity contribution in [3.8, 4) is 0 Å². The monoisotopic (exact) mass is 322 g/mol. The molecule has 0 bridgehead atoms. The van der Waals surface area contributed by atoms with Gasteiger partial charge in [0.05, 0.1) is 12.7 Å². The van der Waals surface area contributed by atoms with E-state index >= 15 is 0 Å². The molecule has 0 saturated carbocycles. The van der Waals surface area contributed by atoms with Gasteiger partial charge in [-0.15, -0.1) is 0 Å². The lowest BCUT2D eigenvalue weighted by Crippen LogP contribution is -2.47. The van der Waals surface area contributed by atoms with E-state index in [1.807, 2.05) is 13.2 Å². The number of pyridine rings is 1. The summed E-state index contributed by atoms with van der Waals surface area (Å²) in [5.41, 5.74) is 7.17. The van der Waals surface area contributed by atoms with E-state index in [0.717, 1.165) is 38.3 Å². The predicted molar refractivity (Wildman–Crippen MR) is 92.7 cm³/mol. The van der Waals surface area contributed by atoms with Gasteiger partial charge in [0.25, 0.3) is 0 Å². The number of methoxy groups -OCH3 is 2. The Bertz CT molecular complexity index is 454. The number of nitrogens with two attached hydrogens (primary N) is 1. The van der Waals surface area contributed by atoms with Crippen LogP contribution in [0.3, 0.4) is 0 Å². The fraction of sp³-hybridized carbons (Fsp3) is 0.706. The zero-order valence-electron chi connectivity index (χ0n) is 14.6. The van der Waals surface area contributed by atoms with Gasteiger partial charge < -0.3 is 20.1 Å². The number of nitrogens with zero attached hydrogens (tertiary/aromatic N) is 3. The second-order valence-corrected chi connectivity index (χ2v) is 6.18. The van der Waals surface area contributed by atoms with Crippen LogP contribution in [0.15, 0.2) is 18.3 Å². The van der Waals surface area contributed by atoms with Crippen LogP contribution in [0.5, 0.6) is 0 Å². The largest absolute Gasteiger partial charge is 0.383 e. The maximum atomic E-state index is 5.94. The van der Waals surface area contributed by atoms with E-state index in [4.69, 9.17) is 15.2 Å². The molecule has 1 aromatic heterocycles. The summed E-state index contributed by atoms with van der Waals surface area (Å²) in [4.78, 5) is 9.11. The van der Waals surface area contributed by atoms with Crippen molar-refractivity contribution in [2.75, 3.05) is 52.4 Å². The van der Waals surface area contributed by atoms with Gasteiger partial charge in [-0.25, -0.2) is 4.98 Å². The molecule has 23 heavy (non-hydrogen) atoms. The highest BCUT2D eigenvalue weighted by atomic mass is 16.5. The maximum absolute atomic E-state index is 5.94. The molecule has 0 spiro atoms. The minimum Gasteiger partial charge on any atom is -0.383 e. The highest BCUT2D eigenvalue weighted by Crippen LogP contribution is 2.21. The predicted octanol–water partition coefficient (Wildman–Crippen LogP) is 1.10. The smallest absolute Gasteiger partial charge is 0.128 e. The molecule has 6 heteroatoms. The molecule has 2 atom stereocenters. The quantitative estimate of drug-likeness (QED) is 0.773. The Morgan fingerprint density at radius 3 is 2.83 bits per heavy atom. The first-order chi connectivity index (χ1) is 11.2. The van der Waals surface area contributed by atoms with Crippen LogP contribution in [0.2, 0.25) is 0 Å². The van der Waals surface area contributed by atoms with Crippen molar-refractivity contribution in [2.45, 2.75) is 31.5 Å². The van der Waals surface area contributed by atoms with Crippen LogP contribution < -0.4 is 10.6 Å². The maximum Gasteiger partial charge on any atom is 0.128 e. The molecule has 1 aromatic rings. The molecule has 0 aliphatic carbocycles. The van der Waals surface area contributed by atoms with Crippen LogP contribution in [0.4, 0.5) is 5.82 Å². The van der Waals surface area contributed by atoms with Crippen LogP contribution in [0.25, 0.3) is 0 Å². The van der Waals surface area contributed by atoms with E-state index in [1.54, 1.807) is 14.2 Å². The van der Waals surface area contributed by atoms with Crippen molar-refractivity contribution >= 4 is 5.82 Å². The Kier molecular flexibility index (Phi) is 7.23. The van der Waals surface area contributed by atoms with E-state index in [2.05, 4.69) is 26.9 Å². The summed E-state index contributed by atoms with van der Waals surface area (Å²) < 4.78 is 10.6. The third-order valence-electron chi connectivity index (χ3n) is 4.61. The third-order valence-corrected chi connectivity index (χ3v) is 4.61. The number of hydrogen-bond donors (Lipinski definition) is 1. The van der Waals surface area contributed by atoms with Crippen LogP contribution in [0.1, 0.15) is 18.4 Å². The summed E-state index contributed by atoms with van der Waals surface area (Å²) in [6.07, 6.45) is 4.39. The number of likely N-dealkylation sites (tertiary alicyclic amines) is 1. The minimum absolute atomic E-state index is 0.342. The number of ether oxygens (including phenoxy) is 2. The Balaban J connectivity index is 1.92. The molecule has 1 saturated heterocycles. The number of aromatic nitrogens is 1. The zero-order valence-corrected chi connectivity index (χ0v) is 14.6. The van der Waals surface area contributed by atoms with Crippen molar-refractivity contribution in [3.05, 3.63) is 23.9 Å². The van der Waals surface area contributed by atoms with Crippen molar-refractivity contribution < 1.29 is 9.47 Å². The molecule has 2 N–H and O–H groups in total. The second kappa shape index (κ2) is 9.17. The lowest BCUT2D eigenvalue weighted by atomic mass is 9.98. The van der Waals surface area contributed by atoms with E-state index < -0.39 is 0 Å². The molecule has 6 nitrogen and oxygen atoms in total. The molecule has 2 rings (SSSR count). The normalized spacial score (nSPS) is 22.3. The van der Waals surface area contributed by atoms with E-state index in [9.17, 15) is 0 Å². The Labute approximate surface area is 139 Å². The molecule has 0 amide bonds. The lowest BCUT2D eigenvalue weighted by Gasteiger charge is -2.38. The second-order valence-electron chi connectivity index (χ2n) is 6.18. The van der Waals surface area contributed by atoms with Gasteiger partial charge in [-0.05, 0) is 24.5 Å². The first-order valence-electron chi connectivity index (χ1n) is 8.29. The number of anilines is 1. The molecule has 0 aromatic carbocycles. The number of likely N-dealkylation sites (N-methyl/N-ethyl adjacent to an activating group) is 1. The average molecular weight is 322 g/mol. The van der Waals surface area contributed by atoms with Crippen molar-refractivity contribution in [3.63, 3.8) is 0 Å². The minimum atomic E-state index is 0.342. The summed E-state index contributed by atoms with van der Waals surface area (Å²) in [5, 5.41) is 0. The summed E-state index contributed by atoms with van der Waals surface area (Å²) in [5.74, 6) is 0.972. The first-order valence-corrected chi connectivity index (χ1v) is 8.29. The standard InChI is InChI=1S/C17H30N4O2/c1-20(8-9-22-2)17-5-4-14(12-19-17)13-21-7-6-16(23-3)10-15(21)11-18/h4-5,12,15-16H,6-11,13,18H2,1-3H3. The van der Waals surface area contributed by atoms with Gasteiger partial charge in [-0.3, -0.25) is 4.90 Å². The van der Waals surface area contributed by atoms with E-state index in [0.29, 0.717) is 25.3 Å². The number of piperidine rings is 1. The molecule has 1 fully saturated rings. The van der Waals surface area contributed by atoms with Gasteiger partial charge in [0.15, 0.2) is 0 Å². The van der Waals surface area contributed by atoms with Gasteiger partial charge in [-0.1, -0.05) is 6.07 Å². The molecule has 1 aliphatic rings. The summed E-state index contributed by atoms with van der Waals surface area (Å²) in [6, 6.07) is 4.61. The Morgan fingerprint density at radius 1 is 1.39 bits per heavy atom. The highest BCUT2D eigenvalue weighted by Gasteiger charge is 2.27. The van der Waals surface area contributed by atoms with Crippen LogP contribution in [0, 0.1) is 0 Å². The average Bonchev–Trinajstić information content (AvgIpc) is 2.60. The first kappa shape index (κ1) is 18.1. The molecule has 2 unspecified atom stereocenters. The third kappa shape index (κ3) is 5.14. The Hall–Kier alpha value is -1.21. The zero-order chi connectivity index (χ0) is 16.7. The summed E-state index contributed by atoms with van der Waals surface area (Å²) in [7, 11) is 5.53. The van der Waals surface area contributed by atoms with E-state index in [1.165, 1.54) is 5.56 Å². The highest BCUT2D eigenvalue weighted by molar-refractivity contribution is 5.38. The molecule has 0 radical (unpaired) electrons. The van der Waals surface area contributed by atoms with Gasteiger partial charge in [0, 0.05) is 59.7 Å². The molecular weight excluding hydrogens is 292 g/mol. The van der Waals surface area contributed by atoms with Crippen molar-refractivity contribution in [1.29, 1.82) is 0 Å². The summed E-state index contributed by atoms with van der Waals surface area (Å²) >= 11 is 0. The molecule has 1 aliphatic heterocycles. The van der Waals surface area contributed by atoms with Crippen LogP contribution in [-0.4, -0.2) is 69.5 Å². The molecule has 2 heterocycles. The molecular formula is C17H30N4O2. The van der Waals surface area contributed by atoms with Crippen molar-refractivity contribution in [2.24, 2.45) is 5.73 Å². The fourth-order valence-electron chi connectivity index (χ4n) is 3.04. The van der Waals surface area contributed by atoms with Gasteiger partial charge in [-0.2, -0.15) is 0 Å². The lowest BCUT2D eigenvalue weighted by molar-refractivity contribution is 0.0102. The fourth-order valence-corrected chi connectivity index (χ4v) is 3.04. The number of rotatable bonds is 8.